The SMILES string of the molecule is [CH2-][Si](C)(C)C.[CH2-][Si](C)(C)C.[CH3-].[CH3-].[O]=[Os]. The van der Waals surface area contributed by atoms with Crippen LogP contribution in [-0.2, 0) is 22.1 Å². The van der Waals surface area contributed by atoms with E-state index in [1.807, 2.05) is 0 Å². The average Bonchev–Trinajstić information content (AvgIpc) is 1.59. The third-order valence-corrected chi connectivity index (χ3v) is 0. The van der Waals surface area contributed by atoms with Gasteiger partial charge in [-0.05, 0) is 0 Å². The summed E-state index contributed by atoms with van der Waals surface area (Å²) in [5, 5.41) is 0. The second kappa shape index (κ2) is 13.9. The molecule has 14 heavy (non-hydrogen) atoms. The predicted octanol–water partition coefficient (Wildman–Crippen LogP) is 4.18. The van der Waals surface area contributed by atoms with Crippen LogP contribution in [0.5, 0.6) is 0 Å². The van der Waals surface area contributed by atoms with Gasteiger partial charge in [0.15, 0.2) is 0 Å². The first-order valence-electron chi connectivity index (χ1n) is 3.85. The molecule has 0 saturated carbocycles. The van der Waals surface area contributed by atoms with Gasteiger partial charge < -0.3 is 27.9 Å². The second-order valence-electron chi connectivity index (χ2n) is 5.12. The molecule has 0 bridgehead atoms. The summed E-state index contributed by atoms with van der Waals surface area (Å²) in [7, 11) is -1.72. The number of hydrogen-bond acceptors (Lipinski definition) is 1. The predicted molar refractivity (Wildman–Crippen MR) is 70.9 cm³/mol. The molecule has 94 valence electrons. The van der Waals surface area contributed by atoms with Gasteiger partial charge in [-0.2, -0.15) is 0 Å². The van der Waals surface area contributed by atoms with Crippen molar-refractivity contribution < 1.29 is 22.1 Å². The molecule has 0 fully saturated rings. The molecule has 0 heterocycles. The number of hydrogen-bond donors (Lipinski definition) is 0. The quantitative estimate of drug-likeness (QED) is 0.432. The summed E-state index contributed by atoms with van der Waals surface area (Å²) in [6.07, 6.45) is 0. The minimum absolute atomic E-state index is 0. The summed E-state index contributed by atoms with van der Waals surface area (Å²) in [5.41, 5.74) is 0. The van der Waals surface area contributed by atoms with E-state index in [2.05, 4.69) is 52.4 Å². The van der Waals surface area contributed by atoms with E-state index in [4.69, 9.17) is 3.54 Å². The van der Waals surface area contributed by atoms with E-state index in [0.29, 0.717) is 18.6 Å². The van der Waals surface area contributed by atoms with Crippen LogP contribution in [0.2, 0.25) is 39.3 Å². The zero-order chi connectivity index (χ0) is 11.0. The molecule has 1 nitrogen and oxygen atoms in total. The molecule has 0 spiro atoms. The van der Waals surface area contributed by atoms with Gasteiger partial charge in [0, 0.05) is 0 Å². The fraction of sp³-hybridized carbons (Fsp3) is 0.600. The first kappa shape index (κ1) is 29.4. The molecule has 0 rings (SSSR count). The van der Waals surface area contributed by atoms with Gasteiger partial charge in [0.25, 0.3) is 0 Å². The van der Waals surface area contributed by atoms with Crippen molar-refractivity contribution in [2.45, 2.75) is 39.3 Å². The molecule has 0 aliphatic carbocycles. The van der Waals surface area contributed by atoms with Crippen molar-refractivity contribution in [3.05, 3.63) is 27.9 Å². The Hall–Kier alpha value is 0.870. The molecule has 0 aliphatic heterocycles. The van der Waals surface area contributed by atoms with Crippen LogP contribution in [-0.4, -0.2) is 16.1 Å². The summed E-state index contributed by atoms with van der Waals surface area (Å²) >= 11 is 0.611. The van der Waals surface area contributed by atoms with Crippen molar-refractivity contribution in [1.29, 1.82) is 0 Å². The standard InChI is InChI=1S/2C4H11Si.2CH3.O.Os/c2*1-5(2,3)4;;;;/h2*1H2,2-4H3;2*1H3;;/q4*-1;;. The Morgan fingerprint density at radius 1 is 0.714 bits per heavy atom. The van der Waals surface area contributed by atoms with Gasteiger partial charge in [-0.1, -0.05) is 39.3 Å². The van der Waals surface area contributed by atoms with E-state index in [1.54, 1.807) is 0 Å². The Morgan fingerprint density at radius 2 is 0.714 bits per heavy atom. The van der Waals surface area contributed by atoms with E-state index >= 15 is 0 Å². The van der Waals surface area contributed by atoms with Crippen LogP contribution in [0.15, 0.2) is 0 Å². The first-order valence-corrected chi connectivity index (χ1v) is 12.3. The van der Waals surface area contributed by atoms with Gasteiger partial charge in [0.1, 0.15) is 0 Å². The van der Waals surface area contributed by atoms with Crippen molar-refractivity contribution in [1.82, 2.24) is 0 Å². The van der Waals surface area contributed by atoms with Crippen molar-refractivity contribution in [3.8, 4) is 0 Å². The molecule has 0 saturated heterocycles. The molecule has 0 radical (unpaired) electrons. The Kier molecular flexibility index (Phi) is 29.1. The maximum absolute atomic E-state index is 8.28. The normalized spacial score (nSPS) is 8.93. The van der Waals surface area contributed by atoms with Crippen molar-refractivity contribution in [2.75, 3.05) is 0 Å². The molecule has 0 aromatic rings. The molecule has 0 aliphatic rings. The average molecular weight is 411 g/mol. The van der Waals surface area contributed by atoms with Crippen LogP contribution in [0.1, 0.15) is 0 Å². The van der Waals surface area contributed by atoms with Crippen LogP contribution in [0, 0.1) is 27.9 Å². The van der Waals surface area contributed by atoms with Crippen LogP contribution in [0.25, 0.3) is 0 Å². The third kappa shape index (κ3) is 2400. The van der Waals surface area contributed by atoms with Crippen molar-refractivity contribution in [3.63, 3.8) is 0 Å². The molecular formula is C10H28OOsSi2-4. The first-order chi connectivity index (χ1) is 5.00. The summed E-state index contributed by atoms with van der Waals surface area (Å²) in [4.78, 5) is 0. The molecule has 0 aromatic carbocycles. The monoisotopic (exact) mass is 412 g/mol. The third-order valence-electron chi connectivity index (χ3n) is 0. The zero-order valence-electron chi connectivity index (χ0n) is 11.2. The fourth-order valence-electron chi connectivity index (χ4n) is 0. The molecule has 0 N–H and O–H groups in total. The van der Waals surface area contributed by atoms with E-state index in [1.165, 1.54) is 0 Å². The summed E-state index contributed by atoms with van der Waals surface area (Å²) in [6, 6.07) is 0. The van der Waals surface area contributed by atoms with E-state index in [9.17, 15) is 0 Å². The van der Waals surface area contributed by atoms with E-state index in [-0.39, 0.29) is 14.9 Å². The van der Waals surface area contributed by atoms with Gasteiger partial charge >= 0.3 is 22.1 Å². The molecule has 0 atom stereocenters. The van der Waals surface area contributed by atoms with Gasteiger partial charge in [-0.3, -0.25) is 0 Å². The van der Waals surface area contributed by atoms with E-state index in [0.717, 1.165) is 0 Å². The second-order valence-corrected chi connectivity index (χ2v) is 15.4. The van der Waals surface area contributed by atoms with Gasteiger partial charge in [0.05, 0.1) is 0 Å². The van der Waals surface area contributed by atoms with Gasteiger partial charge in [-0.25, -0.2) is 0 Å². The van der Waals surface area contributed by atoms with Gasteiger partial charge in [0.2, 0.25) is 0 Å². The summed E-state index contributed by atoms with van der Waals surface area (Å²) in [5.74, 6) is 0. The summed E-state index contributed by atoms with van der Waals surface area (Å²) in [6.45, 7) is 21.1. The molecule has 4 heteroatoms. The molecule has 0 aromatic heterocycles. The number of rotatable bonds is 0. The summed E-state index contributed by atoms with van der Waals surface area (Å²) < 4.78 is 8.28. The molecule has 0 unspecified atom stereocenters. The van der Waals surface area contributed by atoms with Crippen molar-refractivity contribution in [2.24, 2.45) is 0 Å². The van der Waals surface area contributed by atoms with Crippen molar-refractivity contribution >= 4 is 16.1 Å². The Labute approximate surface area is 105 Å². The van der Waals surface area contributed by atoms with Crippen LogP contribution >= 0.6 is 0 Å². The van der Waals surface area contributed by atoms with Crippen LogP contribution < -0.4 is 0 Å². The van der Waals surface area contributed by atoms with Crippen LogP contribution in [0.3, 0.4) is 0 Å². The fourth-order valence-corrected chi connectivity index (χ4v) is 0. The zero-order valence-corrected chi connectivity index (χ0v) is 15.7. The van der Waals surface area contributed by atoms with E-state index < -0.39 is 16.1 Å². The van der Waals surface area contributed by atoms with Crippen LogP contribution in [0.4, 0.5) is 0 Å². The Balaban J connectivity index is -0.0000000292. The minimum atomic E-state index is -0.861. The Morgan fingerprint density at radius 3 is 0.714 bits per heavy atom. The topological polar surface area (TPSA) is 17.1 Å². The maximum atomic E-state index is 8.28. The molecular weight excluding hydrogens is 383 g/mol. The Bertz CT molecular complexity index is 71.3. The molecule has 0 amide bonds. The van der Waals surface area contributed by atoms with Gasteiger partial charge in [-0.15, -0.1) is 16.1 Å².